The SMILES string of the molecule is CN(C)c1ccc(C=Nn2c(C3CCCCC3)nc3ccc(Br)cc3c2=O)cc1Br. The Hall–Kier alpha value is -1.99. The van der Waals surface area contributed by atoms with Crippen molar-refractivity contribution in [2.45, 2.75) is 38.0 Å². The third-order valence-electron chi connectivity index (χ3n) is 5.58. The van der Waals surface area contributed by atoms with Crippen LogP contribution in [-0.4, -0.2) is 30.0 Å². The summed E-state index contributed by atoms with van der Waals surface area (Å²) in [5.41, 5.74) is 2.61. The zero-order valence-corrected chi connectivity index (χ0v) is 20.3. The van der Waals surface area contributed by atoms with Gasteiger partial charge in [0.05, 0.1) is 22.8 Å². The van der Waals surface area contributed by atoms with Crippen LogP contribution in [0.2, 0.25) is 0 Å². The van der Waals surface area contributed by atoms with Crippen molar-refractivity contribution in [3.63, 3.8) is 0 Å². The van der Waals surface area contributed by atoms with Gasteiger partial charge in [-0.2, -0.15) is 9.78 Å². The summed E-state index contributed by atoms with van der Waals surface area (Å²) in [5, 5.41) is 5.19. The zero-order valence-electron chi connectivity index (χ0n) is 17.1. The molecular weight excluding hydrogens is 508 g/mol. The van der Waals surface area contributed by atoms with Crippen molar-refractivity contribution < 1.29 is 0 Å². The van der Waals surface area contributed by atoms with Gasteiger partial charge in [0.15, 0.2) is 0 Å². The van der Waals surface area contributed by atoms with Crippen LogP contribution in [0.4, 0.5) is 5.69 Å². The molecular formula is C23H24Br2N4O. The molecule has 0 saturated heterocycles. The Morgan fingerprint density at radius 3 is 2.57 bits per heavy atom. The molecule has 0 aliphatic heterocycles. The fraction of sp³-hybridized carbons (Fsp3) is 0.348. The van der Waals surface area contributed by atoms with Gasteiger partial charge < -0.3 is 4.90 Å². The van der Waals surface area contributed by atoms with E-state index in [1.807, 2.05) is 55.4 Å². The van der Waals surface area contributed by atoms with Crippen molar-refractivity contribution in [1.82, 2.24) is 9.66 Å². The maximum absolute atomic E-state index is 13.3. The molecule has 0 N–H and O–H groups in total. The van der Waals surface area contributed by atoms with Crippen molar-refractivity contribution in [3.05, 3.63) is 67.1 Å². The van der Waals surface area contributed by atoms with E-state index < -0.39 is 0 Å². The minimum Gasteiger partial charge on any atom is -0.377 e. The number of aromatic nitrogens is 2. The molecule has 7 heteroatoms. The van der Waals surface area contributed by atoms with E-state index in [1.165, 1.54) is 23.9 Å². The molecule has 1 fully saturated rings. The Bertz CT molecular complexity index is 1160. The summed E-state index contributed by atoms with van der Waals surface area (Å²) in [4.78, 5) is 20.3. The van der Waals surface area contributed by atoms with E-state index >= 15 is 0 Å². The Balaban J connectivity index is 1.81. The molecule has 1 aliphatic rings. The topological polar surface area (TPSA) is 50.5 Å². The minimum absolute atomic E-state index is 0.123. The standard InChI is InChI=1S/C23H24Br2N4O/c1-28(2)21-11-8-15(12-19(21)25)14-26-29-22(16-6-4-3-5-7-16)27-20-10-9-17(24)13-18(20)23(29)30/h8-14,16H,3-7H2,1-2H3. The number of benzene rings is 2. The molecule has 0 atom stereocenters. The smallest absolute Gasteiger partial charge is 0.282 e. The third kappa shape index (κ3) is 4.37. The number of hydrogen-bond donors (Lipinski definition) is 0. The Morgan fingerprint density at radius 1 is 1.10 bits per heavy atom. The normalized spacial score (nSPS) is 15.2. The molecule has 2 aromatic carbocycles. The van der Waals surface area contributed by atoms with Gasteiger partial charge in [0.1, 0.15) is 5.82 Å². The molecule has 0 unspecified atom stereocenters. The largest absolute Gasteiger partial charge is 0.377 e. The lowest BCUT2D eigenvalue weighted by Crippen LogP contribution is -2.25. The monoisotopic (exact) mass is 530 g/mol. The highest BCUT2D eigenvalue weighted by Crippen LogP contribution is 2.32. The van der Waals surface area contributed by atoms with Crippen LogP contribution in [0.5, 0.6) is 0 Å². The highest BCUT2D eigenvalue weighted by atomic mass is 79.9. The molecule has 5 nitrogen and oxygen atoms in total. The molecule has 156 valence electrons. The summed E-state index contributed by atoms with van der Waals surface area (Å²) < 4.78 is 3.35. The lowest BCUT2D eigenvalue weighted by molar-refractivity contribution is 0.416. The van der Waals surface area contributed by atoms with E-state index in [0.717, 1.165) is 44.4 Å². The average molecular weight is 532 g/mol. The van der Waals surface area contributed by atoms with Gasteiger partial charge in [-0.25, -0.2) is 4.98 Å². The number of anilines is 1. The molecule has 0 bridgehead atoms. The quantitative estimate of drug-likeness (QED) is 0.393. The van der Waals surface area contributed by atoms with Crippen molar-refractivity contribution in [2.75, 3.05) is 19.0 Å². The van der Waals surface area contributed by atoms with Gasteiger partial charge in [0, 0.05) is 29.0 Å². The Kier molecular flexibility index (Phi) is 6.39. The first kappa shape index (κ1) is 21.2. The van der Waals surface area contributed by atoms with Gasteiger partial charge in [-0.05, 0) is 64.7 Å². The van der Waals surface area contributed by atoms with Crippen LogP contribution in [0.15, 0.2) is 55.2 Å². The van der Waals surface area contributed by atoms with E-state index in [9.17, 15) is 4.79 Å². The van der Waals surface area contributed by atoms with Crippen molar-refractivity contribution in [3.8, 4) is 0 Å². The summed E-state index contributed by atoms with van der Waals surface area (Å²) in [6.45, 7) is 0. The van der Waals surface area contributed by atoms with Crippen molar-refractivity contribution in [1.29, 1.82) is 0 Å². The number of fused-ring (bicyclic) bond motifs is 1. The first-order chi connectivity index (χ1) is 14.4. The molecule has 1 aromatic heterocycles. The van der Waals surface area contributed by atoms with Gasteiger partial charge in [-0.3, -0.25) is 4.79 Å². The third-order valence-corrected chi connectivity index (χ3v) is 6.71. The van der Waals surface area contributed by atoms with E-state index in [0.29, 0.717) is 5.39 Å². The molecule has 3 aromatic rings. The van der Waals surface area contributed by atoms with Crippen LogP contribution in [0, 0.1) is 0 Å². The van der Waals surface area contributed by atoms with Crippen LogP contribution in [0.1, 0.15) is 49.4 Å². The van der Waals surface area contributed by atoms with E-state index in [1.54, 1.807) is 6.21 Å². The molecule has 4 rings (SSSR count). The summed E-state index contributed by atoms with van der Waals surface area (Å²) in [6, 6.07) is 11.7. The second-order valence-electron chi connectivity index (χ2n) is 7.93. The number of nitrogens with zero attached hydrogens (tertiary/aromatic N) is 4. The van der Waals surface area contributed by atoms with Gasteiger partial charge in [0.2, 0.25) is 0 Å². The highest BCUT2D eigenvalue weighted by molar-refractivity contribution is 9.10. The van der Waals surface area contributed by atoms with E-state index in [-0.39, 0.29) is 11.5 Å². The van der Waals surface area contributed by atoms with Crippen LogP contribution >= 0.6 is 31.9 Å². The summed E-state index contributed by atoms with van der Waals surface area (Å²) in [6.07, 6.45) is 7.42. The highest BCUT2D eigenvalue weighted by Gasteiger charge is 2.22. The lowest BCUT2D eigenvalue weighted by atomic mass is 9.88. The predicted molar refractivity (Wildman–Crippen MR) is 131 cm³/mol. The fourth-order valence-corrected chi connectivity index (χ4v) is 5.11. The molecule has 0 spiro atoms. The van der Waals surface area contributed by atoms with Gasteiger partial charge in [-0.15, -0.1) is 0 Å². The Labute approximate surface area is 193 Å². The van der Waals surface area contributed by atoms with Crippen molar-refractivity contribution >= 4 is 54.7 Å². The van der Waals surface area contributed by atoms with Gasteiger partial charge >= 0.3 is 0 Å². The van der Waals surface area contributed by atoms with Crippen LogP contribution in [0.3, 0.4) is 0 Å². The molecule has 0 radical (unpaired) electrons. The van der Waals surface area contributed by atoms with E-state index in [2.05, 4.69) is 37.0 Å². The number of rotatable bonds is 4. The second kappa shape index (κ2) is 9.02. The van der Waals surface area contributed by atoms with Crippen LogP contribution < -0.4 is 10.5 Å². The molecule has 1 aliphatic carbocycles. The van der Waals surface area contributed by atoms with E-state index in [4.69, 9.17) is 4.98 Å². The maximum Gasteiger partial charge on any atom is 0.282 e. The molecule has 1 heterocycles. The first-order valence-electron chi connectivity index (χ1n) is 10.2. The van der Waals surface area contributed by atoms with Crippen LogP contribution in [-0.2, 0) is 0 Å². The van der Waals surface area contributed by atoms with Crippen molar-refractivity contribution in [2.24, 2.45) is 5.10 Å². The van der Waals surface area contributed by atoms with Gasteiger partial charge in [0.25, 0.3) is 5.56 Å². The average Bonchev–Trinajstić information content (AvgIpc) is 2.74. The Morgan fingerprint density at radius 2 is 1.87 bits per heavy atom. The minimum atomic E-state index is -0.123. The zero-order chi connectivity index (χ0) is 21.3. The molecule has 0 amide bonds. The second-order valence-corrected chi connectivity index (χ2v) is 9.70. The lowest BCUT2D eigenvalue weighted by Gasteiger charge is -2.22. The summed E-state index contributed by atoms with van der Waals surface area (Å²) in [7, 11) is 4.01. The predicted octanol–water partition coefficient (Wildman–Crippen LogP) is 5.92. The summed E-state index contributed by atoms with van der Waals surface area (Å²) in [5.74, 6) is 1.04. The molecule has 30 heavy (non-hydrogen) atoms. The van der Waals surface area contributed by atoms with Gasteiger partial charge in [-0.1, -0.05) is 41.3 Å². The van der Waals surface area contributed by atoms with Crippen LogP contribution in [0.25, 0.3) is 10.9 Å². The number of halogens is 2. The fourth-order valence-electron chi connectivity index (χ4n) is 3.99. The maximum atomic E-state index is 13.3. The first-order valence-corrected chi connectivity index (χ1v) is 11.8. The summed E-state index contributed by atoms with van der Waals surface area (Å²) >= 11 is 7.08. The molecule has 1 saturated carbocycles. The number of hydrogen-bond acceptors (Lipinski definition) is 4.